The average Bonchev–Trinajstić information content (AvgIpc) is 3.29. The second-order valence-corrected chi connectivity index (χ2v) is 9.99. The molecular formula is C29H38ClFN2O. The summed E-state index contributed by atoms with van der Waals surface area (Å²) in [4.78, 5) is 17.6. The van der Waals surface area contributed by atoms with Gasteiger partial charge in [-0.2, -0.15) is 0 Å². The normalized spacial score (nSPS) is 21.3. The number of carbonyl (C=O) groups excluding carboxylic acids is 1. The highest BCUT2D eigenvalue weighted by Crippen LogP contribution is 2.34. The molecule has 0 spiro atoms. The van der Waals surface area contributed by atoms with Crippen molar-refractivity contribution >= 4 is 30.1 Å². The first-order valence-corrected chi connectivity index (χ1v) is 12.5. The average molecular weight is 485 g/mol. The number of aryl methyl sites for hydroxylation is 2. The zero-order valence-corrected chi connectivity index (χ0v) is 21.5. The molecule has 0 aromatic heterocycles. The molecule has 0 radical (unpaired) electrons. The molecule has 0 N–H and O–H groups in total. The number of halogens is 2. The van der Waals surface area contributed by atoms with E-state index in [1.807, 2.05) is 24.0 Å². The number of likely N-dealkylation sites (tertiary alicyclic amines) is 1. The summed E-state index contributed by atoms with van der Waals surface area (Å²) in [6.07, 6.45) is 9.68. The standard InChI is InChI=1S/C29H37FN2O.ClH/c1-21-16-24(10-6-7-13-31-14-8-9-15-31)17-22(2)28(21)32-20-25(18-23(3)29(32)33)19-26-11-4-5-12-27(26)30;/h4-6,10-12,16-17,23,25H,7-9,13-15,18-20H2,1-3H3;1H/b10-6+;/t23-,25-;/m1./s1. The Kier molecular flexibility index (Phi) is 9.32. The monoisotopic (exact) mass is 484 g/mol. The molecule has 0 aliphatic carbocycles. The number of hydrogen-bond donors (Lipinski definition) is 0. The predicted molar refractivity (Wildman–Crippen MR) is 142 cm³/mol. The maximum atomic E-state index is 14.2. The van der Waals surface area contributed by atoms with E-state index in [9.17, 15) is 9.18 Å². The molecule has 0 saturated carbocycles. The Hall–Kier alpha value is -2.17. The Morgan fingerprint density at radius 2 is 1.76 bits per heavy atom. The Balaban J connectivity index is 0.00000324. The van der Waals surface area contributed by atoms with E-state index in [4.69, 9.17) is 0 Å². The summed E-state index contributed by atoms with van der Waals surface area (Å²) in [5.41, 5.74) is 5.21. The van der Waals surface area contributed by atoms with E-state index in [2.05, 4.69) is 43.0 Å². The van der Waals surface area contributed by atoms with E-state index < -0.39 is 0 Å². The van der Waals surface area contributed by atoms with Gasteiger partial charge in [0, 0.05) is 24.7 Å². The van der Waals surface area contributed by atoms with Crippen molar-refractivity contribution in [1.29, 1.82) is 0 Å². The molecule has 2 heterocycles. The van der Waals surface area contributed by atoms with Gasteiger partial charge in [0.05, 0.1) is 0 Å². The van der Waals surface area contributed by atoms with Crippen LogP contribution in [0.1, 0.15) is 54.9 Å². The Labute approximate surface area is 210 Å². The van der Waals surface area contributed by atoms with E-state index >= 15 is 0 Å². The minimum Gasteiger partial charge on any atom is -0.311 e. The third-order valence-electron chi connectivity index (χ3n) is 7.19. The molecule has 2 aliphatic heterocycles. The summed E-state index contributed by atoms with van der Waals surface area (Å²) in [5, 5.41) is 0. The van der Waals surface area contributed by atoms with Gasteiger partial charge in [-0.1, -0.05) is 37.3 Å². The first-order valence-electron chi connectivity index (χ1n) is 12.5. The molecule has 4 rings (SSSR count). The van der Waals surface area contributed by atoms with Crippen LogP contribution in [-0.4, -0.2) is 37.0 Å². The van der Waals surface area contributed by atoms with Crippen molar-refractivity contribution in [2.24, 2.45) is 11.8 Å². The van der Waals surface area contributed by atoms with Crippen molar-refractivity contribution in [2.45, 2.75) is 52.9 Å². The topological polar surface area (TPSA) is 23.6 Å². The molecule has 0 bridgehead atoms. The van der Waals surface area contributed by atoms with Crippen molar-refractivity contribution < 1.29 is 9.18 Å². The molecule has 3 nitrogen and oxygen atoms in total. The van der Waals surface area contributed by atoms with Crippen LogP contribution in [0, 0.1) is 31.5 Å². The highest BCUT2D eigenvalue weighted by molar-refractivity contribution is 5.97. The molecule has 5 heteroatoms. The zero-order valence-electron chi connectivity index (χ0n) is 20.7. The molecule has 2 atom stereocenters. The minimum absolute atomic E-state index is 0. The fourth-order valence-corrected chi connectivity index (χ4v) is 5.61. The summed E-state index contributed by atoms with van der Waals surface area (Å²) < 4.78 is 14.2. The first kappa shape index (κ1) is 26.4. The van der Waals surface area contributed by atoms with Gasteiger partial charge in [0.2, 0.25) is 5.91 Å². The van der Waals surface area contributed by atoms with Gasteiger partial charge in [0.15, 0.2) is 0 Å². The highest BCUT2D eigenvalue weighted by atomic mass is 35.5. The first-order chi connectivity index (χ1) is 15.9. The molecule has 2 fully saturated rings. The van der Waals surface area contributed by atoms with Gasteiger partial charge in [0.25, 0.3) is 0 Å². The van der Waals surface area contributed by atoms with Gasteiger partial charge in [-0.3, -0.25) is 4.79 Å². The number of benzene rings is 2. The molecule has 2 aromatic carbocycles. The van der Waals surface area contributed by atoms with Crippen LogP contribution < -0.4 is 4.90 Å². The fraction of sp³-hybridized carbons (Fsp3) is 0.483. The Morgan fingerprint density at radius 1 is 1.09 bits per heavy atom. The molecule has 2 saturated heterocycles. The van der Waals surface area contributed by atoms with Crippen molar-refractivity contribution in [1.82, 2.24) is 4.90 Å². The van der Waals surface area contributed by atoms with E-state index in [1.54, 1.807) is 6.07 Å². The van der Waals surface area contributed by atoms with Gasteiger partial charge in [-0.15, -0.1) is 12.4 Å². The lowest BCUT2D eigenvalue weighted by molar-refractivity contribution is -0.124. The Morgan fingerprint density at radius 3 is 2.44 bits per heavy atom. The van der Waals surface area contributed by atoms with E-state index in [1.165, 1.54) is 37.6 Å². The number of anilines is 1. The number of hydrogen-bond acceptors (Lipinski definition) is 2. The van der Waals surface area contributed by atoms with Crippen molar-refractivity contribution in [3.05, 3.63) is 70.5 Å². The largest absolute Gasteiger partial charge is 0.311 e. The van der Waals surface area contributed by atoms with Crippen LogP contribution in [-0.2, 0) is 11.2 Å². The Bertz CT molecular complexity index is 992. The lowest BCUT2D eigenvalue weighted by atomic mass is 9.84. The summed E-state index contributed by atoms with van der Waals surface area (Å²) in [6, 6.07) is 11.4. The van der Waals surface area contributed by atoms with Gasteiger partial charge in [0.1, 0.15) is 5.82 Å². The lowest BCUT2D eigenvalue weighted by Crippen LogP contribution is -2.46. The van der Waals surface area contributed by atoms with Crippen molar-refractivity contribution in [3.63, 3.8) is 0 Å². The molecule has 1 amide bonds. The molecule has 2 aliphatic rings. The van der Waals surface area contributed by atoms with E-state index in [0.717, 1.165) is 41.8 Å². The van der Waals surface area contributed by atoms with Gasteiger partial charge >= 0.3 is 0 Å². The van der Waals surface area contributed by atoms with Crippen LogP contribution >= 0.6 is 12.4 Å². The fourth-order valence-electron chi connectivity index (χ4n) is 5.61. The minimum atomic E-state index is -0.151. The number of rotatable bonds is 7. The number of carbonyl (C=O) groups is 1. The van der Waals surface area contributed by atoms with Crippen LogP contribution in [0.5, 0.6) is 0 Å². The third kappa shape index (κ3) is 6.28. The quantitative estimate of drug-likeness (QED) is 0.442. The van der Waals surface area contributed by atoms with Crippen molar-refractivity contribution in [3.8, 4) is 0 Å². The van der Waals surface area contributed by atoms with Gasteiger partial charge in [-0.25, -0.2) is 4.39 Å². The van der Waals surface area contributed by atoms with Crippen molar-refractivity contribution in [2.75, 3.05) is 31.1 Å². The van der Waals surface area contributed by atoms with Crippen LogP contribution in [0.2, 0.25) is 0 Å². The van der Waals surface area contributed by atoms with E-state index in [-0.39, 0.29) is 36.0 Å². The number of nitrogens with zero attached hydrogens (tertiary/aromatic N) is 2. The molecular weight excluding hydrogens is 447 g/mol. The summed E-state index contributed by atoms with van der Waals surface area (Å²) in [6.45, 7) is 10.5. The van der Waals surface area contributed by atoms with Crippen LogP contribution in [0.15, 0.2) is 42.5 Å². The molecule has 0 unspecified atom stereocenters. The van der Waals surface area contributed by atoms with Crippen LogP contribution in [0.4, 0.5) is 10.1 Å². The predicted octanol–water partition coefficient (Wildman–Crippen LogP) is 6.60. The SMILES string of the molecule is Cc1cc(/C=C/CCN2CCCC2)cc(C)c1N1C[C@@H](Cc2ccccc2F)C[C@@H](C)C1=O.Cl. The smallest absolute Gasteiger partial charge is 0.229 e. The number of piperidine rings is 1. The maximum Gasteiger partial charge on any atom is 0.229 e. The molecule has 184 valence electrons. The number of amides is 1. The maximum absolute atomic E-state index is 14.2. The van der Waals surface area contributed by atoms with Gasteiger partial charge in [-0.05, 0) is 105 Å². The highest BCUT2D eigenvalue weighted by Gasteiger charge is 2.34. The lowest BCUT2D eigenvalue weighted by Gasteiger charge is -2.38. The third-order valence-corrected chi connectivity index (χ3v) is 7.19. The summed E-state index contributed by atoms with van der Waals surface area (Å²) in [5.74, 6) is 0.222. The van der Waals surface area contributed by atoms with E-state index in [0.29, 0.717) is 13.0 Å². The second kappa shape index (κ2) is 12.0. The zero-order chi connectivity index (χ0) is 23.4. The molecule has 34 heavy (non-hydrogen) atoms. The second-order valence-electron chi connectivity index (χ2n) is 9.99. The summed E-state index contributed by atoms with van der Waals surface area (Å²) in [7, 11) is 0. The summed E-state index contributed by atoms with van der Waals surface area (Å²) >= 11 is 0. The molecule has 2 aromatic rings. The van der Waals surface area contributed by atoms with Crippen LogP contribution in [0.3, 0.4) is 0 Å². The van der Waals surface area contributed by atoms with Crippen LogP contribution in [0.25, 0.3) is 6.08 Å². The van der Waals surface area contributed by atoms with Gasteiger partial charge < -0.3 is 9.80 Å².